The first-order valence-electron chi connectivity index (χ1n) is 10.4. The Hall–Kier alpha value is -3.63. The van der Waals surface area contributed by atoms with Gasteiger partial charge in [0, 0.05) is 40.6 Å². The van der Waals surface area contributed by atoms with Gasteiger partial charge in [0.05, 0.1) is 6.26 Å². The molecule has 2 amide bonds. The van der Waals surface area contributed by atoms with Gasteiger partial charge in [0.15, 0.2) is 0 Å². The highest BCUT2D eigenvalue weighted by atomic mass is 32.2. The molecule has 172 valence electrons. The van der Waals surface area contributed by atoms with E-state index in [1.807, 2.05) is 54.7 Å². The predicted octanol–water partition coefficient (Wildman–Crippen LogP) is 1.54. The van der Waals surface area contributed by atoms with Crippen molar-refractivity contribution in [3.8, 4) is 0 Å². The molecule has 0 saturated heterocycles. The number of aromatic nitrogens is 2. The molecule has 0 bridgehead atoms. The van der Waals surface area contributed by atoms with Crippen LogP contribution in [0.3, 0.4) is 0 Å². The Labute approximate surface area is 191 Å². The minimum Gasteiger partial charge on any atom is -0.361 e. The Kier molecular flexibility index (Phi) is 6.47. The van der Waals surface area contributed by atoms with Crippen LogP contribution >= 0.6 is 0 Å². The maximum Gasteiger partial charge on any atom is 0.240 e. The van der Waals surface area contributed by atoms with Crippen LogP contribution in [-0.4, -0.2) is 49.2 Å². The average molecular weight is 468 g/mol. The van der Waals surface area contributed by atoms with E-state index in [0.29, 0.717) is 12.8 Å². The topological polar surface area (TPSA) is 136 Å². The van der Waals surface area contributed by atoms with Crippen molar-refractivity contribution in [2.75, 3.05) is 6.26 Å². The first-order valence-corrected chi connectivity index (χ1v) is 12.3. The van der Waals surface area contributed by atoms with E-state index in [1.165, 1.54) is 0 Å². The number of carbonyl (C=O) groups is 2. The summed E-state index contributed by atoms with van der Waals surface area (Å²) in [6, 6.07) is 14.2. The molecule has 9 nitrogen and oxygen atoms in total. The molecule has 2 atom stereocenters. The molecule has 4 rings (SSSR count). The van der Waals surface area contributed by atoms with Crippen LogP contribution in [0, 0.1) is 0 Å². The number of nitrogens with one attached hydrogen (secondary N) is 5. The van der Waals surface area contributed by atoms with Crippen LogP contribution in [0.25, 0.3) is 21.8 Å². The fraction of sp³-hybridized carbons (Fsp3) is 0.217. The summed E-state index contributed by atoms with van der Waals surface area (Å²) in [5.41, 5.74) is 3.55. The molecule has 5 N–H and O–H groups in total. The Morgan fingerprint density at radius 1 is 0.939 bits per heavy atom. The Morgan fingerprint density at radius 2 is 1.48 bits per heavy atom. The monoisotopic (exact) mass is 467 g/mol. The third-order valence-electron chi connectivity index (χ3n) is 5.46. The van der Waals surface area contributed by atoms with Crippen LogP contribution in [0.1, 0.15) is 11.1 Å². The molecular formula is C23H25N5O4S. The SMILES string of the molecule is CS(=O)(=O)N[C@H](Cc1c[nH]c2ccccc12)C(=O)N[C@@H](Cc1c[nH]c2ccccc12)NC=O. The second-order valence-electron chi connectivity index (χ2n) is 7.92. The number of carbonyl (C=O) groups excluding carboxylic acids is 2. The van der Waals surface area contributed by atoms with E-state index in [9.17, 15) is 18.0 Å². The molecule has 2 aromatic carbocycles. The summed E-state index contributed by atoms with van der Waals surface area (Å²) in [5, 5.41) is 7.27. The molecule has 0 radical (unpaired) electrons. The highest BCUT2D eigenvalue weighted by molar-refractivity contribution is 7.88. The number of para-hydroxylation sites is 2. The number of H-pyrrole nitrogens is 2. The van der Waals surface area contributed by atoms with Crippen molar-refractivity contribution in [1.29, 1.82) is 0 Å². The summed E-state index contributed by atoms with van der Waals surface area (Å²) < 4.78 is 26.4. The largest absolute Gasteiger partial charge is 0.361 e. The fourth-order valence-corrected chi connectivity index (χ4v) is 4.70. The van der Waals surface area contributed by atoms with E-state index in [0.717, 1.165) is 39.2 Å². The van der Waals surface area contributed by atoms with E-state index in [4.69, 9.17) is 0 Å². The molecule has 0 aliphatic carbocycles. The molecule has 0 aliphatic rings. The minimum atomic E-state index is -3.67. The molecule has 0 aliphatic heterocycles. The number of rotatable bonds is 10. The predicted molar refractivity (Wildman–Crippen MR) is 127 cm³/mol. The first-order chi connectivity index (χ1) is 15.8. The van der Waals surface area contributed by atoms with Gasteiger partial charge in [-0.3, -0.25) is 9.59 Å². The van der Waals surface area contributed by atoms with Gasteiger partial charge in [-0.1, -0.05) is 36.4 Å². The quantitative estimate of drug-likeness (QED) is 0.179. The number of aromatic amines is 2. The zero-order valence-corrected chi connectivity index (χ0v) is 18.8. The van der Waals surface area contributed by atoms with Crippen molar-refractivity contribution < 1.29 is 18.0 Å². The highest BCUT2D eigenvalue weighted by Gasteiger charge is 2.26. The molecule has 2 heterocycles. The molecular weight excluding hydrogens is 442 g/mol. The van der Waals surface area contributed by atoms with E-state index in [1.54, 1.807) is 6.20 Å². The molecule has 2 aromatic heterocycles. The molecule has 10 heteroatoms. The van der Waals surface area contributed by atoms with E-state index in [-0.39, 0.29) is 6.42 Å². The lowest BCUT2D eigenvalue weighted by Crippen LogP contribution is -2.54. The molecule has 0 saturated carbocycles. The number of benzene rings is 2. The lowest BCUT2D eigenvalue weighted by Gasteiger charge is -2.22. The van der Waals surface area contributed by atoms with Gasteiger partial charge in [0.1, 0.15) is 12.2 Å². The Bertz CT molecular complexity index is 1390. The number of amides is 2. The summed E-state index contributed by atoms with van der Waals surface area (Å²) in [4.78, 5) is 30.7. The molecule has 33 heavy (non-hydrogen) atoms. The standard InChI is InChI=1S/C23H25N5O4S/c1-33(31,32)28-21(10-15-12-24-19-8-4-2-6-17(15)19)23(30)27-22(26-14-29)11-16-13-25-20-9-5-3-7-18(16)20/h2-9,12-14,21-22,24-25,28H,10-11H2,1H3,(H,26,29)(H,27,30)/t21-,22+/m1/s1. The van der Waals surface area contributed by atoms with Gasteiger partial charge in [-0.2, -0.15) is 0 Å². The van der Waals surface area contributed by atoms with Crippen molar-refractivity contribution >= 4 is 44.1 Å². The van der Waals surface area contributed by atoms with E-state index >= 15 is 0 Å². The van der Waals surface area contributed by atoms with Crippen LogP contribution in [0.2, 0.25) is 0 Å². The van der Waals surface area contributed by atoms with Crippen molar-refractivity contribution in [3.05, 3.63) is 72.1 Å². The van der Waals surface area contributed by atoms with Crippen LogP contribution in [-0.2, 0) is 32.5 Å². The van der Waals surface area contributed by atoms with Gasteiger partial charge in [0.2, 0.25) is 22.3 Å². The second-order valence-corrected chi connectivity index (χ2v) is 9.70. The summed E-state index contributed by atoms with van der Waals surface area (Å²) in [6.45, 7) is 0. The molecule has 0 spiro atoms. The lowest BCUT2D eigenvalue weighted by atomic mass is 10.0. The number of hydrogen-bond acceptors (Lipinski definition) is 4. The van der Waals surface area contributed by atoms with Crippen molar-refractivity contribution in [1.82, 2.24) is 25.3 Å². The van der Waals surface area contributed by atoms with Crippen LogP contribution < -0.4 is 15.4 Å². The van der Waals surface area contributed by atoms with Crippen molar-refractivity contribution in [2.24, 2.45) is 0 Å². The van der Waals surface area contributed by atoms with Gasteiger partial charge in [-0.15, -0.1) is 0 Å². The Balaban J connectivity index is 1.55. The fourth-order valence-electron chi connectivity index (χ4n) is 3.99. The second kappa shape index (κ2) is 9.47. The summed E-state index contributed by atoms with van der Waals surface area (Å²) in [6.07, 6.45) is 4.86. The normalized spacial score (nSPS) is 13.6. The third kappa shape index (κ3) is 5.41. The van der Waals surface area contributed by atoms with Crippen LogP contribution in [0.5, 0.6) is 0 Å². The summed E-state index contributed by atoms with van der Waals surface area (Å²) in [7, 11) is -3.67. The average Bonchev–Trinajstić information content (AvgIpc) is 3.37. The van der Waals surface area contributed by atoms with E-state index < -0.39 is 28.1 Å². The van der Waals surface area contributed by atoms with Crippen LogP contribution in [0.4, 0.5) is 0 Å². The van der Waals surface area contributed by atoms with Gasteiger partial charge < -0.3 is 20.6 Å². The van der Waals surface area contributed by atoms with E-state index in [2.05, 4.69) is 25.3 Å². The van der Waals surface area contributed by atoms with Gasteiger partial charge in [-0.05, 0) is 29.7 Å². The zero-order valence-electron chi connectivity index (χ0n) is 18.0. The Morgan fingerprint density at radius 3 is 2.03 bits per heavy atom. The molecule has 0 fully saturated rings. The third-order valence-corrected chi connectivity index (χ3v) is 6.17. The molecule has 4 aromatic rings. The number of fused-ring (bicyclic) bond motifs is 2. The molecule has 0 unspecified atom stereocenters. The summed E-state index contributed by atoms with van der Waals surface area (Å²) >= 11 is 0. The number of sulfonamides is 1. The highest BCUT2D eigenvalue weighted by Crippen LogP contribution is 2.20. The van der Waals surface area contributed by atoms with Gasteiger partial charge >= 0.3 is 0 Å². The first kappa shape index (κ1) is 22.6. The maximum atomic E-state index is 13.1. The zero-order chi connectivity index (χ0) is 23.4. The van der Waals surface area contributed by atoms with Crippen molar-refractivity contribution in [3.63, 3.8) is 0 Å². The van der Waals surface area contributed by atoms with Crippen molar-refractivity contribution in [2.45, 2.75) is 25.0 Å². The minimum absolute atomic E-state index is 0.143. The number of hydrogen-bond donors (Lipinski definition) is 5. The van der Waals surface area contributed by atoms with Gasteiger partial charge in [-0.25, -0.2) is 13.1 Å². The van der Waals surface area contributed by atoms with Crippen LogP contribution in [0.15, 0.2) is 60.9 Å². The summed E-state index contributed by atoms with van der Waals surface area (Å²) in [5.74, 6) is -0.537. The van der Waals surface area contributed by atoms with Gasteiger partial charge in [0.25, 0.3) is 0 Å². The maximum absolute atomic E-state index is 13.1. The smallest absolute Gasteiger partial charge is 0.240 e. The lowest BCUT2D eigenvalue weighted by molar-refractivity contribution is -0.123.